The molecular formula is C30H38N4O5. The van der Waals surface area contributed by atoms with Crippen molar-refractivity contribution in [1.82, 2.24) is 14.0 Å². The summed E-state index contributed by atoms with van der Waals surface area (Å²) in [6, 6.07) is 6.82. The molecule has 0 N–H and O–H groups in total. The van der Waals surface area contributed by atoms with Crippen LogP contribution < -0.4 is 11.0 Å². The molecule has 2 aliphatic rings. The largest absolute Gasteiger partial charge is 0.462 e. The fraction of sp³-hybridized carbons (Fsp3) is 0.567. The standard InChI is InChI=1S/C30H38N4O5/c1-3-5-9-20-12-14-21(15-13-20)28(35)32-27-24(30(37)38-4-2)18-23-26(34(27)19-22-10-8-17-39-22)31-25-11-6-7-16-33(25)29(23)36/h6-7,11,16,18,20-22H,3-5,8-10,12-15,17,19H2,1-2H3/t20?,21?,22-/m0/s1. The predicted octanol–water partition coefficient (Wildman–Crippen LogP) is 4.43. The second kappa shape index (κ2) is 12.2. The number of fused-ring (bicyclic) bond motifs is 2. The van der Waals surface area contributed by atoms with Crippen LogP contribution in [-0.4, -0.2) is 45.1 Å². The van der Waals surface area contributed by atoms with E-state index in [-0.39, 0.29) is 46.5 Å². The molecule has 0 spiro atoms. The molecule has 39 heavy (non-hydrogen) atoms. The Morgan fingerprint density at radius 3 is 2.69 bits per heavy atom. The van der Waals surface area contributed by atoms with E-state index in [2.05, 4.69) is 11.9 Å². The van der Waals surface area contributed by atoms with Crippen LogP contribution in [0.2, 0.25) is 0 Å². The molecule has 5 rings (SSSR count). The van der Waals surface area contributed by atoms with Crippen molar-refractivity contribution in [2.75, 3.05) is 13.2 Å². The highest BCUT2D eigenvalue weighted by molar-refractivity contribution is 5.94. The molecule has 3 aromatic rings. The first-order valence-corrected chi connectivity index (χ1v) is 14.4. The Balaban J connectivity index is 1.66. The Bertz CT molecular complexity index is 1480. The summed E-state index contributed by atoms with van der Waals surface area (Å²) in [7, 11) is 0. The molecule has 9 heteroatoms. The third-order valence-electron chi connectivity index (χ3n) is 8.07. The number of unbranched alkanes of at least 4 members (excludes halogenated alkanes) is 1. The first kappa shape index (κ1) is 27.2. The monoisotopic (exact) mass is 534 g/mol. The normalized spacial score (nSPS) is 22.0. The molecule has 0 radical (unpaired) electrons. The molecule has 0 aromatic carbocycles. The SMILES string of the molecule is CCCCC1CCC(C(=O)N=c2c(C(=O)OCC)cc3c(=O)n4ccccc4nc3n2C[C@@H]2CCCO2)CC1. The zero-order valence-corrected chi connectivity index (χ0v) is 22.9. The second-order valence-corrected chi connectivity index (χ2v) is 10.7. The molecule has 0 unspecified atom stereocenters. The number of pyridine rings is 2. The summed E-state index contributed by atoms with van der Waals surface area (Å²) in [5.74, 6) is -0.361. The summed E-state index contributed by atoms with van der Waals surface area (Å²) in [5, 5.41) is 0.266. The molecule has 1 atom stereocenters. The number of hydrogen-bond acceptors (Lipinski definition) is 6. The van der Waals surface area contributed by atoms with Crippen LogP contribution in [0.1, 0.15) is 82.0 Å². The highest BCUT2D eigenvalue weighted by Crippen LogP contribution is 2.32. The summed E-state index contributed by atoms with van der Waals surface area (Å²) in [6.45, 7) is 5.06. The Kier molecular flexibility index (Phi) is 8.55. The lowest BCUT2D eigenvalue weighted by Gasteiger charge is -2.26. The van der Waals surface area contributed by atoms with Gasteiger partial charge in [0.05, 0.1) is 24.6 Å². The number of amides is 1. The zero-order valence-electron chi connectivity index (χ0n) is 22.9. The van der Waals surface area contributed by atoms with Crippen LogP contribution in [0.3, 0.4) is 0 Å². The number of esters is 1. The zero-order chi connectivity index (χ0) is 27.4. The van der Waals surface area contributed by atoms with Gasteiger partial charge in [0.2, 0.25) is 0 Å². The Morgan fingerprint density at radius 1 is 1.15 bits per heavy atom. The van der Waals surface area contributed by atoms with E-state index < -0.39 is 5.97 Å². The average Bonchev–Trinajstić information content (AvgIpc) is 3.47. The quantitative estimate of drug-likeness (QED) is 0.313. The minimum Gasteiger partial charge on any atom is -0.462 e. The van der Waals surface area contributed by atoms with E-state index in [4.69, 9.17) is 14.5 Å². The molecule has 4 heterocycles. The van der Waals surface area contributed by atoms with Crippen LogP contribution in [-0.2, 0) is 20.8 Å². The minimum absolute atomic E-state index is 0.0992. The first-order chi connectivity index (χ1) is 19.0. The van der Waals surface area contributed by atoms with E-state index >= 15 is 0 Å². The van der Waals surface area contributed by atoms with Crippen molar-refractivity contribution in [3.05, 3.63) is 51.9 Å². The molecule has 1 aliphatic carbocycles. The van der Waals surface area contributed by atoms with Crippen LogP contribution in [0.5, 0.6) is 0 Å². The number of hydrogen-bond donors (Lipinski definition) is 0. The molecular weight excluding hydrogens is 496 g/mol. The predicted molar refractivity (Wildman–Crippen MR) is 147 cm³/mol. The van der Waals surface area contributed by atoms with Gasteiger partial charge in [-0.05, 0) is 69.6 Å². The second-order valence-electron chi connectivity index (χ2n) is 10.7. The van der Waals surface area contributed by atoms with Crippen LogP contribution in [0.4, 0.5) is 0 Å². The van der Waals surface area contributed by atoms with Crippen molar-refractivity contribution in [1.29, 1.82) is 0 Å². The topological polar surface area (TPSA) is 104 Å². The molecule has 208 valence electrons. The number of carbonyl (C=O) groups excluding carboxylic acids is 2. The van der Waals surface area contributed by atoms with Crippen LogP contribution >= 0.6 is 0 Å². The van der Waals surface area contributed by atoms with Gasteiger partial charge in [0.1, 0.15) is 16.9 Å². The van der Waals surface area contributed by atoms with Crippen molar-refractivity contribution in [2.45, 2.75) is 84.3 Å². The fourth-order valence-electron chi connectivity index (χ4n) is 5.91. The lowest BCUT2D eigenvalue weighted by molar-refractivity contribution is -0.123. The number of rotatable bonds is 8. The van der Waals surface area contributed by atoms with Gasteiger partial charge in [-0.15, -0.1) is 0 Å². The number of ether oxygens (including phenoxy) is 2. The van der Waals surface area contributed by atoms with Crippen molar-refractivity contribution in [3.63, 3.8) is 0 Å². The van der Waals surface area contributed by atoms with Crippen LogP contribution in [0, 0.1) is 11.8 Å². The van der Waals surface area contributed by atoms with E-state index in [0.717, 1.165) is 38.5 Å². The summed E-state index contributed by atoms with van der Waals surface area (Å²) in [6.07, 6.45) is 10.5. The summed E-state index contributed by atoms with van der Waals surface area (Å²) in [4.78, 5) is 49.7. The molecule has 1 saturated heterocycles. The van der Waals surface area contributed by atoms with Gasteiger partial charge in [0, 0.05) is 18.7 Å². The van der Waals surface area contributed by atoms with Gasteiger partial charge in [-0.1, -0.05) is 32.3 Å². The molecule has 1 saturated carbocycles. The van der Waals surface area contributed by atoms with E-state index in [1.807, 2.05) is 6.07 Å². The van der Waals surface area contributed by atoms with E-state index in [1.165, 1.54) is 29.7 Å². The fourth-order valence-corrected chi connectivity index (χ4v) is 5.91. The maximum absolute atomic E-state index is 13.6. The van der Waals surface area contributed by atoms with Crippen molar-refractivity contribution < 1.29 is 19.1 Å². The van der Waals surface area contributed by atoms with Gasteiger partial charge in [0.15, 0.2) is 5.49 Å². The summed E-state index contributed by atoms with van der Waals surface area (Å²) >= 11 is 0. The minimum atomic E-state index is -0.618. The number of carbonyl (C=O) groups is 2. The van der Waals surface area contributed by atoms with Crippen LogP contribution in [0.15, 0.2) is 40.2 Å². The highest BCUT2D eigenvalue weighted by atomic mass is 16.5. The maximum atomic E-state index is 13.6. The highest BCUT2D eigenvalue weighted by Gasteiger charge is 2.28. The van der Waals surface area contributed by atoms with E-state index in [0.29, 0.717) is 30.4 Å². The van der Waals surface area contributed by atoms with Crippen LogP contribution in [0.25, 0.3) is 16.7 Å². The molecule has 1 aliphatic heterocycles. The Morgan fingerprint density at radius 2 is 1.97 bits per heavy atom. The molecule has 2 fully saturated rings. The Labute approximate surface area is 227 Å². The lowest BCUT2D eigenvalue weighted by atomic mass is 9.79. The summed E-state index contributed by atoms with van der Waals surface area (Å²) < 4.78 is 14.5. The average molecular weight is 535 g/mol. The van der Waals surface area contributed by atoms with Gasteiger partial charge in [-0.3, -0.25) is 14.0 Å². The Hall–Kier alpha value is -3.33. The van der Waals surface area contributed by atoms with Crippen molar-refractivity contribution in [3.8, 4) is 0 Å². The first-order valence-electron chi connectivity index (χ1n) is 14.4. The van der Waals surface area contributed by atoms with Gasteiger partial charge >= 0.3 is 5.97 Å². The lowest BCUT2D eigenvalue weighted by Crippen LogP contribution is -2.36. The number of nitrogens with zero attached hydrogens (tertiary/aromatic N) is 4. The van der Waals surface area contributed by atoms with Gasteiger partial charge in [-0.25, -0.2) is 9.78 Å². The molecule has 9 nitrogen and oxygen atoms in total. The van der Waals surface area contributed by atoms with Crippen molar-refractivity contribution >= 4 is 28.6 Å². The van der Waals surface area contributed by atoms with E-state index in [9.17, 15) is 14.4 Å². The van der Waals surface area contributed by atoms with Gasteiger partial charge in [-0.2, -0.15) is 4.99 Å². The van der Waals surface area contributed by atoms with E-state index in [1.54, 1.807) is 29.8 Å². The molecule has 1 amide bonds. The third-order valence-corrected chi connectivity index (χ3v) is 8.07. The van der Waals surface area contributed by atoms with Crippen molar-refractivity contribution in [2.24, 2.45) is 16.8 Å². The molecule has 3 aromatic heterocycles. The van der Waals surface area contributed by atoms with Gasteiger partial charge in [0.25, 0.3) is 11.5 Å². The molecule has 0 bridgehead atoms. The third kappa shape index (κ3) is 5.83. The smallest absolute Gasteiger partial charge is 0.341 e. The summed E-state index contributed by atoms with van der Waals surface area (Å²) in [5.41, 5.74) is 0.849. The van der Waals surface area contributed by atoms with Gasteiger partial charge < -0.3 is 14.0 Å². The number of aromatic nitrogens is 3. The maximum Gasteiger partial charge on any atom is 0.341 e.